The third kappa shape index (κ3) is 7.61. The zero-order chi connectivity index (χ0) is 11.7. The highest BCUT2D eigenvalue weighted by molar-refractivity contribution is 4.73. The zero-order valence-electron chi connectivity index (χ0n) is 9.01. The van der Waals surface area contributed by atoms with Gasteiger partial charge in [0.05, 0.1) is 13.2 Å². The van der Waals surface area contributed by atoms with Gasteiger partial charge in [-0.1, -0.05) is 0 Å². The molecule has 0 saturated heterocycles. The minimum atomic E-state index is -3.07. The molecule has 0 saturated carbocycles. The van der Waals surface area contributed by atoms with Crippen LogP contribution in [0, 0.1) is 0 Å². The number of nitrogens with two attached hydrogens (primary N) is 1. The number of hydrogen-bond acceptors (Lipinski definition) is 4. The monoisotopic (exact) mass is 226 g/mol. The van der Waals surface area contributed by atoms with Gasteiger partial charge in [-0.3, -0.25) is 0 Å². The average molecular weight is 226 g/mol. The van der Waals surface area contributed by atoms with Gasteiger partial charge in [-0.2, -0.15) is 0 Å². The zero-order valence-corrected chi connectivity index (χ0v) is 9.01. The fraction of sp³-hybridized carbons (Fsp3) is 1.00. The van der Waals surface area contributed by atoms with E-state index in [4.69, 9.17) is 15.6 Å². The molecule has 15 heavy (non-hydrogen) atoms. The molecule has 0 rings (SSSR count). The first-order valence-corrected chi connectivity index (χ1v) is 4.97. The molecule has 0 aliphatic heterocycles. The van der Waals surface area contributed by atoms with Gasteiger partial charge in [-0.05, 0) is 19.4 Å². The van der Waals surface area contributed by atoms with Crippen LogP contribution >= 0.6 is 0 Å². The molecular formula is C9H20F2N2O2. The van der Waals surface area contributed by atoms with E-state index in [0.717, 1.165) is 6.42 Å². The Bertz CT molecular complexity index is 159. The lowest BCUT2D eigenvalue weighted by Gasteiger charge is -2.21. The molecule has 0 aromatic heterocycles. The van der Waals surface area contributed by atoms with Crippen molar-refractivity contribution in [3.63, 3.8) is 0 Å². The molecule has 0 spiro atoms. The van der Waals surface area contributed by atoms with Gasteiger partial charge < -0.3 is 20.9 Å². The number of alkyl halides is 2. The van der Waals surface area contributed by atoms with Crippen LogP contribution in [0.3, 0.4) is 0 Å². The third-order valence-corrected chi connectivity index (χ3v) is 2.01. The summed E-state index contributed by atoms with van der Waals surface area (Å²) in [5.41, 5.74) is 5.32. The van der Waals surface area contributed by atoms with Crippen LogP contribution in [-0.4, -0.2) is 50.5 Å². The van der Waals surface area contributed by atoms with Crippen molar-refractivity contribution in [1.29, 1.82) is 0 Å². The van der Waals surface area contributed by atoms with Crippen LogP contribution < -0.4 is 11.1 Å². The molecule has 4 N–H and O–H groups in total. The molecule has 1 unspecified atom stereocenters. The first-order valence-electron chi connectivity index (χ1n) is 4.97. The molecule has 0 fully saturated rings. The largest absolute Gasteiger partial charge is 0.390 e. The lowest BCUT2D eigenvalue weighted by Crippen LogP contribution is -2.43. The summed E-state index contributed by atoms with van der Waals surface area (Å²) in [6.07, 6.45) is 1.44. The van der Waals surface area contributed by atoms with Crippen LogP contribution in [-0.2, 0) is 4.74 Å². The van der Waals surface area contributed by atoms with Crippen molar-refractivity contribution in [2.75, 3.05) is 33.4 Å². The molecule has 0 aliphatic carbocycles. The highest BCUT2D eigenvalue weighted by Crippen LogP contribution is 2.10. The topological polar surface area (TPSA) is 67.5 Å². The Labute approximate surface area is 88.8 Å². The predicted octanol–water partition coefficient (Wildman–Crippen LogP) is -0.0425. The number of ether oxygens (including phenoxy) is 1. The first-order chi connectivity index (χ1) is 7.05. The Balaban J connectivity index is 3.83. The van der Waals surface area contributed by atoms with Gasteiger partial charge in [0.15, 0.2) is 0 Å². The van der Waals surface area contributed by atoms with Crippen molar-refractivity contribution < 1.29 is 18.6 Å². The summed E-state index contributed by atoms with van der Waals surface area (Å²) < 4.78 is 30.3. The number of methoxy groups -OCH3 is 1. The molecule has 0 heterocycles. The summed E-state index contributed by atoms with van der Waals surface area (Å²) in [6.45, 7) is -0.793. The van der Waals surface area contributed by atoms with E-state index in [1.165, 1.54) is 7.11 Å². The van der Waals surface area contributed by atoms with Gasteiger partial charge in [0.1, 0.15) is 6.61 Å². The Hall–Kier alpha value is -0.300. The highest BCUT2D eigenvalue weighted by Gasteiger charge is 2.28. The fourth-order valence-corrected chi connectivity index (χ4v) is 1.16. The Kier molecular flexibility index (Phi) is 7.76. The SMILES string of the molecule is COCC(CCCN)NCC(F)(F)CO. The molecule has 0 radical (unpaired) electrons. The van der Waals surface area contributed by atoms with E-state index in [9.17, 15) is 8.78 Å². The molecule has 1 atom stereocenters. The molecule has 0 aromatic rings. The second-order valence-corrected chi connectivity index (χ2v) is 3.48. The van der Waals surface area contributed by atoms with Crippen LogP contribution in [0.1, 0.15) is 12.8 Å². The van der Waals surface area contributed by atoms with E-state index >= 15 is 0 Å². The van der Waals surface area contributed by atoms with Crippen molar-refractivity contribution >= 4 is 0 Å². The average Bonchev–Trinajstić information content (AvgIpc) is 2.22. The quantitative estimate of drug-likeness (QED) is 0.516. The Morgan fingerprint density at radius 3 is 2.67 bits per heavy atom. The highest BCUT2D eigenvalue weighted by atomic mass is 19.3. The van der Waals surface area contributed by atoms with Crippen LogP contribution in [0.2, 0.25) is 0 Å². The lowest BCUT2D eigenvalue weighted by molar-refractivity contribution is -0.0508. The van der Waals surface area contributed by atoms with Crippen molar-refractivity contribution in [3.05, 3.63) is 0 Å². The number of aliphatic hydroxyl groups is 1. The van der Waals surface area contributed by atoms with E-state index < -0.39 is 19.1 Å². The Morgan fingerprint density at radius 2 is 2.20 bits per heavy atom. The van der Waals surface area contributed by atoms with Crippen molar-refractivity contribution in [3.8, 4) is 0 Å². The van der Waals surface area contributed by atoms with Crippen LogP contribution in [0.25, 0.3) is 0 Å². The molecule has 0 bridgehead atoms. The van der Waals surface area contributed by atoms with Gasteiger partial charge in [-0.25, -0.2) is 8.78 Å². The molecule has 0 aromatic carbocycles. The third-order valence-electron chi connectivity index (χ3n) is 2.01. The second-order valence-electron chi connectivity index (χ2n) is 3.48. The summed E-state index contributed by atoms with van der Waals surface area (Å²) in [4.78, 5) is 0. The van der Waals surface area contributed by atoms with Crippen LogP contribution in [0.5, 0.6) is 0 Å². The molecule has 4 nitrogen and oxygen atoms in total. The second kappa shape index (κ2) is 7.92. The predicted molar refractivity (Wildman–Crippen MR) is 54.0 cm³/mol. The Morgan fingerprint density at radius 1 is 1.53 bits per heavy atom. The van der Waals surface area contributed by atoms with Crippen molar-refractivity contribution in [1.82, 2.24) is 5.32 Å². The molecule has 92 valence electrons. The molecule has 0 aliphatic rings. The summed E-state index contributed by atoms with van der Waals surface area (Å²) in [5.74, 6) is -3.07. The number of hydrogen-bond donors (Lipinski definition) is 3. The minimum Gasteiger partial charge on any atom is -0.390 e. The summed E-state index contributed by atoms with van der Waals surface area (Å²) in [7, 11) is 1.52. The normalized spacial score (nSPS) is 14.2. The van der Waals surface area contributed by atoms with Crippen LogP contribution in [0.4, 0.5) is 8.78 Å². The minimum absolute atomic E-state index is 0.143. The molecule has 6 heteroatoms. The number of nitrogens with one attached hydrogen (secondary N) is 1. The number of rotatable bonds is 9. The van der Waals surface area contributed by atoms with Gasteiger partial charge in [0.25, 0.3) is 5.92 Å². The van der Waals surface area contributed by atoms with E-state index in [1.54, 1.807) is 0 Å². The lowest BCUT2D eigenvalue weighted by atomic mass is 10.1. The summed E-state index contributed by atoms with van der Waals surface area (Å²) in [5, 5.41) is 11.0. The van der Waals surface area contributed by atoms with Gasteiger partial charge in [-0.15, -0.1) is 0 Å². The molecular weight excluding hydrogens is 206 g/mol. The van der Waals surface area contributed by atoms with E-state index in [1.807, 2.05) is 0 Å². The van der Waals surface area contributed by atoms with E-state index in [2.05, 4.69) is 5.32 Å². The van der Waals surface area contributed by atoms with Crippen molar-refractivity contribution in [2.45, 2.75) is 24.8 Å². The van der Waals surface area contributed by atoms with Crippen LogP contribution in [0.15, 0.2) is 0 Å². The smallest absolute Gasteiger partial charge is 0.282 e. The van der Waals surface area contributed by atoms with Gasteiger partial charge in [0.2, 0.25) is 0 Å². The van der Waals surface area contributed by atoms with Gasteiger partial charge >= 0.3 is 0 Å². The summed E-state index contributed by atoms with van der Waals surface area (Å²) >= 11 is 0. The maximum Gasteiger partial charge on any atom is 0.282 e. The fourth-order valence-electron chi connectivity index (χ4n) is 1.16. The maximum absolute atomic E-state index is 12.7. The summed E-state index contributed by atoms with van der Waals surface area (Å²) in [6, 6.07) is -0.143. The molecule has 0 amide bonds. The van der Waals surface area contributed by atoms with Gasteiger partial charge in [0, 0.05) is 13.2 Å². The van der Waals surface area contributed by atoms with E-state index in [-0.39, 0.29) is 6.04 Å². The first kappa shape index (κ1) is 14.7. The number of aliphatic hydroxyl groups excluding tert-OH is 1. The van der Waals surface area contributed by atoms with Crippen molar-refractivity contribution in [2.24, 2.45) is 5.73 Å². The standard InChI is InChI=1S/C9H20F2N2O2/c1-15-5-8(3-2-4-12)13-6-9(10,11)7-14/h8,13-14H,2-7,12H2,1H3. The maximum atomic E-state index is 12.7. The van der Waals surface area contributed by atoms with E-state index in [0.29, 0.717) is 19.6 Å². The number of halogens is 2.